The molecule has 2 aliphatic carbocycles. The van der Waals surface area contributed by atoms with E-state index in [-0.39, 0.29) is 39.2 Å². The molecule has 0 fully saturated rings. The Morgan fingerprint density at radius 3 is 1.44 bits per heavy atom. The molecule has 0 amide bonds. The van der Waals surface area contributed by atoms with Gasteiger partial charge >= 0.3 is 0 Å². The molecule has 0 N–H and O–H groups in total. The standard InChI is InChI=1S/C60H69BN2/c1-36-26-40(55(3,4)5)23-25-48(36)62-49-24-22-39(38-20-18-17-19-21-38)28-46(49)61-47-31-43-45(60(15,16)35-58(43,11)12)33-51(47)63(53-30-41(56(6,7)8)29-52(62)54(53)61)50-32-44-42(27-37(50)2)57(9,10)34-59(44,13)14/h17-33H,34-35H2,1-16H3. The van der Waals surface area contributed by atoms with Crippen LogP contribution in [-0.4, -0.2) is 6.71 Å². The molecule has 2 nitrogen and oxygen atoms in total. The van der Waals surface area contributed by atoms with Gasteiger partial charge in [-0.2, -0.15) is 0 Å². The summed E-state index contributed by atoms with van der Waals surface area (Å²) < 4.78 is 0. The SMILES string of the molecule is Cc1cc(C(C)(C)C)ccc1N1c2ccc(-c3ccccc3)cc2B2c3cc4c(cc3N(c3cc5c(cc3C)C(C)(C)CC5(C)C)c3cc(C(C)(C)C)cc1c32)C(C)(C)CC4(C)C. The van der Waals surface area contributed by atoms with Gasteiger partial charge < -0.3 is 9.80 Å². The summed E-state index contributed by atoms with van der Waals surface area (Å²) in [7, 11) is 0. The van der Waals surface area contributed by atoms with Gasteiger partial charge in [-0.1, -0.05) is 164 Å². The predicted molar refractivity (Wildman–Crippen MR) is 274 cm³/mol. The van der Waals surface area contributed by atoms with Crippen LogP contribution in [0.2, 0.25) is 0 Å². The van der Waals surface area contributed by atoms with Crippen molar-refractivity contribution >= 4 is 57.2 Å². The molecule has 6 aromatic carbocycles. The van der Waals surface area contributed by atoms with Crippen molar-refractivity contribution in [3.63, 3.8) is 0 Å². The molecular weight excluding hydrogens is 759 g/mol. The van der Waals surface area contributed by atoms with Crippen LogP contribution in [0.15, 0.2) is 103 Å². The van der Waals surface area contributed by atoms with Gasteiger partial charge in [0.1, 0.15) is 0 Å². The minimum Gasteiger partial charge on any atom is -0.311 e. The van der Waals surface area contributed by atoms with Gasteiger partial charge in [-0.15, -0.1) is 0 Å². The van der Waals surface area contributed by atoms with Gasteiger partial charge in [0.15, 0.2) is 0 Å². The van der Waals surface area contributed by atoms with E-state index in [4.69, 9.17) is 0 Å². The zero-order valence-electron chi connectivity index (χ0n) is 41.2. The van der Waals surface area contributed by atoms with E-state index in [0.717, 1.165) is 12.8 Å². The third-order valence-corrected chi connectivity index (χ3v) is 15.7. The molecule has 6 aromatic rings. The van der Waals surface area contributed by atoms with E-state index in [2.05, 4.69) is 224 Å². The number of hydrogen-bond acceptors (Lipinski definition) is 2. The van der Waals surface area contributed by atoms with Gasteiger partial charge in [0.2, 0.25) is 0 Å². The molecule has 322 valence electrons. The monoisotopic (exact) mass is 829 g/mol. The normalized spacial score (nSPS) is 18.4. The summed E-state index contributed by atoms with van der Waals surface area (Å²) in [6.07, 6.45) is 2.27. The topological polar surface area (TPSA) is 6.48 Å². The van der Waals surface area contributed by atoms with Crippen molar-refractivity contribution in [2.24, 2.45) is 0 Å². The largest absolute Gasteiger partial charge is 0.311 e. The molecule has 4 aliphatic rings. The molecule has 3 heteroatoms. The Balaban J connectivity index is 1.36. The summed E-state index contributed by atoms with van der Waals surface area (Å²) in [4.78, 5) is 5.37. The first kappa shape index (κ1) is 42.0. The van der Waals surface area contributed by atoms with E-state index in [1.807, 2.05) is 0 Å². The number of anilines is 6. The maximum Gasteiger partial charge on any atom is 0.252 e. The lowest BCUT2D eigenvalue weighted by molar-refractivity contribution is 0.403. The second-order valence-corrected chi connectivity index (χ2v) is 24.7. The van der Waals surface area contributed by atoms with Crippen LogP contribution >= 0.6 is 0 Å². The highest BCUT2D eigenvalue weighted by molar-refractivity contribution is 7.00. The van der Waals surface area contributed by atoms with Crippen molar-refractivity contribution < 1.29 is 0 Å². The first-order chi connectivity index (χ1) is 29.3. The number of benzene rings is 6. The Bertz CT molecular complexity index is 2890. The minimum absolute atomic E-state index is 0.0363. The molecule has 2 aliphatic heterocycles. The first-order valence-electron chi connectivity index (χ1n) is 23.7. The lowest BCUT2D eigenvalue weighted by Gasteiger charge is -2.46. The first-order valence-corrected chi connectivity index (χ1v) is 23.7. The molecule has 2 heterocycles. The molecule has 0 saturated heterocycles. The Morgan fingerprint density at radius 2 is 0.889 bits per heavy atom. The fourth-order valence-corrected chi connectivity index (χ4v) is 12.9. The van der Waals surface area contributed by atoms with Crippen molar-refractivity contribution in [3.05, 3.63) is 148 Å². The average molecular weight is 829 g/mol. The third kappa shape index (κ3) is 6.33. The minimum atomic E-state index is -0.0931. The fourth-order valence-electron chi connectivity index (χ4n) is 12.9. The van der Waals surface area contributed by atoms with Gasteiger partial charge in [0.05, 0.1) is 0 Å². The number of nitrogens with zero attached hydrogens (tertiary/aromatic N) is 2. The van der Waals surface area contributed by atoms with Crippen LogP contribution < -0.4 is 26.2 Å². The van der Waals surface area contributed by atoms with Crippen molar-refractivity contribution in [1.82, 2.24) is 0 Å². The van der Waals surface area contributed by atoms with Crippen molar-refractivity contribution in [2.75, 3.05) is 9.80 Å². The van der Waals surface area contributed by atoms with Crippen molar-refractivity contribution in [2.45, 2.75) is 156 Å². The molecule has 0 spiro atoms. The van der Waals surface area contributed by atoms with Crippen LogP contribution in [0.4, 0.5) is 34.1 Å². The zero-order chi connectivity index (χ0) is 45.1. The second kappa shape index (κ2) is 13.3. The van der Waals surface area contributed by atoms with Crippen molar-refractivity contribution in [1.29, 1.82) is 0 Å². The molecular formula is C60H69BN2. The van der Waals surface area contributed by atoms with Crippen LogP contribution in [0.5, 0.6) is 0 Å². The Kier molecular flexibility index (Phi) is 8.84. The van der Waals surface area contributed by atoms with Gasteiger partial charge in [-0.05, 0) is 168 Å². The van der Waals surface area contributed by atoms with E-state index >= 15 is 0 Å². The Labute approximate surface area is 380 Å². The summed E-state index contributed by atoms with van der Waals surface area (Å²) in [6.45, 7) is 38.6. The lowest BCUT2D eigenvalue weighted by Crippen LogP contribution is -2.61. The maximum atomic E-state index is 2.73. The number of hydrogen-bond donors (Lipinski definition) is 0. The van der Waals surface area contributed by atoms with Crippen LogP contribution in [-0.2, 0) is 32.5 Å². The lowest BCUT2D eigenvalue weighted by atomic mass is 9.33. The highest BCUT2D eigenvalue weighted by atomic mass is 15.2. The second-order valence-electron chi connectivity index (χ2n) is 24.7. The molecule has 63 heavy (non-hydrogen) atoms. The summed E-state index contributed by atoms with van der Waals surface area (Å²) >= 11 is 0. The van der Waals surface area contributed by atoms with Crippen LogP contribution in [0.25, 0.3) is 11.1 Å². The van der Waals surface area contributed by atoms with Gasteiger partial charge in [0.25, 0.3) is 6.71 Å². The highest BCUT2D eigenvalue weighted by Crippen LogP contribution is 2.56. The fraction of sp³-hybridized carbons (Fsp3) is 0.400. The Hall–Kier alpha value is -5.02. The van der Waals surface area contributed by atoms with E-state index in [1.54, 1.807) is 0 Å². The smallest absolute Gasteiger partial charge is 0.252 e. The molecule has 0 atom stereocenters. The molecule has 0 radical (unpaired) electrons. The maximum absolute atomic E-state index is 2.73. The van der Waals surface area contributed by atoms with E-state index in [0.29, 0.717) is 0 Å². The van der Waals surface area contributed by atoms with Gasteiger partial charge in [-0.25, -0.2) is 0 Å². The summed E-state index contributed by atoms with van der Waals surface area (Å²) in [5.74, 6) is 0. The molecule has 0 bridgehead atoms. The average Bonchev–Trinajstić information content (AvgIpc) is 3.49. The van der Waals surface area contributed by atoms with Crippen LogP contribution in [0.1, 0.15) is 154 Å². The number of fused-ring (bicyclic) bond motifs is 6. The van der Waals surface area contributed by atoms with Crippen molar-refractivity contribution in [3.8, 4) is 11.1 Å². The zero-order valence-corrected chi connectivity index (χ0v) is 41.2. The summed E-state index contributed by atoms with van der Waals surface area (Å²) in [6, 6.07) is 41.2. The molecule has 0 aromatic heterocycles. The molecule has 10 rings (SSSR count). The van der Waals surface area contributed by atoms with E-state index in [1.165, 1.54) is 106 Å². The molecule has 0 saturated carbocycles. The Morgan fingerprint density at radius 1 is 0.413 bits per heavy atom. The quantitative estimate of drug-likeness (QED) is 0.164. The third-order valence-electron chi connectivity index (χ3n) is 15.7. The number of aryl methyl sites for hydroxylation is 2. The van der Waals surface area contributed by atoms with Gasteiger partial charge in [-0.3, -0.25) is 0 Å². The van der Waals surface area contributed by atoms with Crippen LogP contribution in [0.3, 0.4) is 0 Å². The summed E-state index contributed by atoms with van der Waals surface area (Å²) in [5, 5.41) is 0. The highest BCUT2D eigenvalue weighted by Gasteiger charge is 2.49. The van der Waals surface area contributed by atoms with E-state index in [9.17, 15) is 0 Å². The van der Waals surface area contributed by atoms with Gasteiger partial charge in [0, 0.05) is 34.1 Å². The van der Waals surface area contributed by atoms with E-state index < -0.39 is 0 Å². The molecule has 0 unspecified atom stereocenters. The summed E-state index contributed by atoms with van der Waals surface area (Å²) in [5.41, 5.74) is 26.1. The predicted octanol–water partition coefficient (Wildman–Crippen LogP) is 14.6. The number of rotatable bonds is 3. The van der Waals surface area contributed by atoms with Crippen LogP contribution in [0, 0.1) is 13.8 Å².